The lowest BCUT2D eigenvalue weighted by Gasteiger charge is -2.11. The number of rotatable bonds is 6. The molecule has 0 aliphatic heterocycles. The Morgan fingerprint density at radius 3 is 2.63 bits per heavy atom. The number of alkyl carbamates (subject to hydrolysis) is 1. The second kappa shape index (κ2) is 7.86. The molecular weight excluding hydrogens is 253 g/mol. The number of carboxylic acids is 1. The van der Waals surface area contributed by atoms with Crippen LogP contribution in [0.25, 0.3) is 0 Å². The van der Waals surface area contributed by atoms with E-state index in [9.17, 15) is 14.0 Å². The van der Waals surface area contributed by atoms with E-state index in [-0.39, 0.29) is 6.61 Å². The molecule has 0 heterocycles. The van der Waals surface area contributed by atoms with E-state index in [1.165, 1.54) is 0 Å². The van der Waals surface area contributed by atoms with Crippen LogP contribution in [0.1, 0.15) is 5.56 Å². The average Bonchev–Trinajstić information content (AvgIpc) is 2.42. The SMILES string of the molecule is O=C(O)C=C[C@@H](CF)NC(=O)OCc1ccccc1. The monoisotopic (exact) mass is 267 g/mol. The molecule has 1 rings (SSSR count). The van der Waals surface area contributed by atoms with Gasteiger partial charge >= 0.3 is 12.1 Å². The van der Waals surface area contributed by atoms with E-state index < -0.39 is 24.8 Å². The molecular formula is C13H14FNO4. The fraction of sp³-hybridized carbons (Fsp3) is 0.231. The van der Waals surface area contributed by atoms with Crippen LogP contribution in [-0.2, 0) is 16.1 Å². The number of nitrogens with one attached hydrogen (secondary N) is 1. The molecule has 2 N–H and O–H groups in total. The quantitative estimate of drug-likeness (QED) is 0.772. The first-order valence-corrected chi connectivity index (χ1v) is 5.56. The zero-order chi connectivity index (χ0) is 14.1. The van der Waals surface area contributed by atoms with E-state index in [1.807, 2.05) is 6.07 Å². The molecule has 0 aliphatic carbocycles. The van der Waals surface area contributed by atoms with Crippen LogP contribution in [0.3, 0.4) is 0 Å². The molecule has 0 unspecified atom stereocenters. The van der Waals surface area contributed by atoms with Gasteiger partial charge in [-0.1, -0.05) is 36.4 Å². The summed E-state index contributed by atoms with van der Waals surface area (Å²) in [6.07, 6.45) is 1.01. The summed E-state index contributed by atoms with van der Waals surface area (Å²) in [5.41, 5.74) is 0.801. The Hall–Kier alpha value is -2.37. The third kappa shape index (κ3) is 6.21. The number of hydrogen-bond donors (Lipinski definition) is 2. The molecule has 1 aromatic carbocycles. The van der Waals surface area contributed by atoms with E-state index in [1.54, 1.807) is 24.3 Å². The molecule has 5 nitrogen and oxygen atoms in total. The molecule has 0 aromatic heterocycles. The van der Waals surface area contributed by atoms with Crippen LogP contribution in [0.5, 0.6) is 0 Å². The van der Waals surface area contributed by atoms with Crippen LogP contribution < -0.4 is 5.32 Å². The van der Waals surface area contributed by atoms with Crippen molar-refractivity contribution in [3.8, 4) is 0 Å². The summed E-state index contributed by atoms with van der Waals surface area (Å²) in [5, 5.41) is 10.6. The molecule has 19 heavy (non-hydrogen) atoms. The Bertz CT molecular complexity index is 447. The fourth-order valence-corrected chi connectivity index (χ4v) is 1.25. The van der Waals surface area contributed by atoms with Gasteiger partial charge in [-0.05, 0) is 5.56 Å². The smallest absolute Gasteiger partial charge is 0.408 e. The van der Waals surface area contributed by atoms with Gasteiger partial charge < -0.3 is 15.2 Å². The molecule has 0 bridgehead atoms. The number of carbonyl (C=O) groups excluding carboxylic acids is 1. The predicted molar refractivity (Wildman–Crippen MR) is 66.3 cm³/mol. The van der Waals surface area contributed by atoms with Crippen molar-refractivity contribution >= 4 is 12.1 Å². The fourth-order valence-electron chi connectivity index (χ4n) is 1.25. The highest BCUT2D eigenvalue weighted by molar-refractivity contribution is 5.80. The Morgan fingerprint density at radius 1 is 1.37 bits per heavy atom. The second-order valence-corrected chi connectivity index (χ2v) is 3.66. The normalized spacial score (nSPS) is 12.1. The zero-order valence-corrected chi connectivity index (χ0v) is 10.1. The number of carbonyl (C=O) groups is 2. The van der Waals surface area contributed by atoms with Gasteiger partial charge in [0.1, 0.15) is 13.3 Å². The van der Waals surface area contributed by atoms with Crippen LogP contribution in [0.2, 0.25) is 0 Å². The summed E-state index contributed by atoms with van der Waals surface area (Å²) >= 11 is 0. The number of halogens is 1. The summed E-state index contributed by atoms with van der Waals surface area (Å²) in [6, 6.07) is 7.99. The highest BCUT2D eigenvalue weighted by Crippen LogP contribution is 2.01. The molecule has 0 fully saturated rings. The largest absolute Gasteiger partial charge is 0.478 e. The number of carboxylic acid groups (broad SMARTS) is 1. The highest BCUT2D eigenvalue weighted by Gasteiger charge is 2.10. The minimum atomic E-state index is -1.21. The van der Waals surface area contributed by atoms with Crippen molar-refractivity contribution in [3.05, 3.63) is 48.0 Å². The third-order valence-corrected chi connectivity index (χ3v) is 2.15. The van der Waals surface area contributed by atoms with Gasteiger partial charge in [0, 0.05) is 6.08 Å². The Labute approximate surface area is 109 Å². The molecule has 0 aliphatic rings. The number of alkyl halides is 1. The first kappa shape index (κ1) is 14.7. The van der Waals surface area contributed by atoms with Crippen molar-refractivity contribution in [1.29, 1.82) is 0 Å². The Balaban J connectivity index is 2.39. The molecule has 102 valence electrons. The van der Waals surface area contributed by atoms with E-state index in [0.29, 0.717) is 0 Å². The van der Waals surface area contributed by atoms with E-state index in [0.717, 1.165) is 17.7 Å². The summed E-state index contributed by atoms with van der Waals surface area (Å²) < 4.78 is 17.4. The van der Waals surface area contributed by atoms with Crippen molar-refractivity contribution in [2.24, 2.45) is 0 Å². The maximum absolute atomic E-state index is 12.5. The zero-order valence-electron chi connectivity index (χ0n) is 10.1. The van der Waals surface area contributed by atoms with Crippen LogP contribution in [0.4, 0.5) is 9.18 Å². The van der Waals surface area contributed by atoms with Gasteiger partial charge in [0.05, 0.1) is 6.04 Å². The van der Waals surface area contributed by atoms with Crippen LogP contribution >= 0.6 is 0 Å². The molecule has 0 radical (unpaired) electrons. The number of hydrogen-bond acceptors (Lipinski definition) is 3. The van der Waals surface area contributed by atoms with E-state index in [4.69, 9.17) is 9.84 Å². The van der Waals surface area contributed by atoms with E-state index in [2.05, 4.69) is 5.32 Å². The second-order valence-electron chi connectivity index (χ2n) is 3.66. The lowest BCUT2D eigenvalue weighted by atomic mass is 10.2. The number of benzene rings is 1. The Kier molecular flexibility index (Phi) is 6.08. The number of aliphatic carboxylic acids is 1. The van der Waals surface area contributed by atoms with Crippen LogP contribution in [-0.4, -0.2) is 29.9 Å². The maximum Gasteiger partial charge on any atom is 0.408 e. The molecule has 6 heteroatoms. The number of amides is 1. The first-order valence-electron chi connectivity index (χ1n) is 5.56. The molecule has 1 aromatic rings. The lowest BCUT2D eigenvalue weighted by Crippen LogP contribution is -2.35. The number of ether oxygens (including phenoxy) is 1. The van der Waals surface area contributed by atoms with Gasteiger partial charge in [0.15, 0.2) is 0 Å². The summed E-state index contributed by atoms with van der Waals surface area (Å²) in [7, 11) is 0. The van der Waals surface area contributed by atoms with E-state index >= 15 is 0 Å². The van der Waals surface area contributed by atoms with Crippen molar-refractivity contribution in [2.75, 3.05) is 6.67 Å². The van der Waals surface area contributed by atoms with Crippen molar-refractivity contribution in [1.82, 2.24) is 5.32 Å². The van der Waals surface area contributed by atoms with Gasteiger partial charge in [-0.3, -0.25) is 0 Å². The summed E-state index contributed by atoms with van der Waals surface area (Å²) in [5.74, 6) is -1.21. The molecule has 0 saturated heterocycles. The molecule has 0 saturated carbocycles. The lowest BCUT2D eigenvalue weighted by molar-refractivity contribution is -0.131. The van der Waals surface area contributed by atoms with Gasteiger partial charge in [-0.15, -0.1) is 0 Å². The van der Waals surface area contributed by atoms with Gasteiger partial charge in [-0.2, -0.15) is 0 Å². The summed E-state index contributed by atoms with van der Waals surface area (Å²) in [4.78, 5) is 21.6. The third-order valence-electron chi connectivity index (χ3n) is 2.15. The molecule has 1 atom stereocenters. The summed E-state index contributed by atoms with van der Waals surface area (Å²) in [6.45, 7) is -0.849. The van der Waals surface area contributed by atoms with Gasteiger partial charge in [0.2, 0.25) is 0 Å². The van der Waals surface area contributed by atoms with Crippen LogP contribution in [0.15, 0.2) is 42.5 Å². The predicted octanol–water partition coefficient (Wildman–Crippen LogP) is 1.89. The highest BCUT2D eigenvalue weighted by atomic mass is 19.1. The van der Waals surface area contributed by atoms with Crippen molar-refractivity contribution in [3.63, 3.8) is 0 Å². The minimum absolute atomic E-state index is 0.0638. The maximum atomic E-state index is 12.5. The Morgan fingerprint density at radius 2 is 2.05 bits per heavy atom. The average molecular weight is 267 g/mol. The first-order chi connectivity index (χ1) is 9.11. The van der Waals surface area contributed by atoms with Gasteiger partial charge in [-0.25, -0.2) is 14.0 Å². The molecule has 0 spiro atoms. The topological polar surface area (TPSA) is 75.6 Å². The van der Waals surface area contributed by atoms with Crippen molar-refractivity contribution < 1.29 is 23.8 Å². The minimum Gasteiger partial charge on any atom is -0.478 e. The van der Waals surface area contributed by atoms with Gasteiger partial charge in [0.25, 0.3) is 0 Å². The van der Waals surface area contributed by atoms with Crippen LogP contribution in [0, 0.1) is 0 Å². The van der Waals surface area contributed by atoms with Crippen molar-refractivity contribution in [2.45, 2.75) is 12.6 Å². The standard InChI is InChI=1S/C13H14FNO4/c14-8-11(6-7-12(16)17)15-13(18)19-9-10-4-2-1-3-5-10/h1-7,11H,8-9H2,(H,15,18)(H,16,17)/t11-/m0/s1. The molecule has 1 amide bonds.